The average molecular weight is 542 g/mol. The molecule has 2 saturated carbocycles. The number of aromatic amines is 1. The lowest BCUT2D eigenvalue weighted by atomic mass is 9.91. The number of H-pyrrole nitrogens is 1. The Bertz CT molecular complexity index is 1350. The van der Waals surface area contributed by atoms with Crippen molar-refractivity contribution in [2.24, 2.45) is 5.92 Å². The third-order valence-corrected chi connectivity index (χ3v) is 7.38. The van der Waals surface area contributed by atoms with E-state index in [1.807, 2.05) is 0 Å². The maximum atomic E-state index is 13.6. The van der Waals surface area contributed by atoms with Gasteiger partial charge in [0.25, 0.3) is 12.3 Å². The zero-order valence-electron chi connectivity index (χ0n) is 22.1. The molecule has 2 heterocycles. The van der Waals surface area contributed by atoms with Gasteiger partial charge in [-0.05, 0) is 69.6 Å². The summed E-state index contributed by atoms with van der Waals surface area (Å²) in [6, 6.07) is 4.35. The van der Waals surface area contributed by atoms with Crippen LogP contribution >= 0.6 is 0 Å². The van der Waals surface area contributed by atoms with Crippen LogP contribution in [0.15, 0.2) is 24.5 Å². The molecule has 0 spiro atoms. The van der Waals surface area contributed by atoms with Crippen molar-refractivity contribution in [3.05, 3.63) is 41.3 Å². The van der Waals surface area contributed by atoms with Crippen molar-refractivity contribution < 1.29 is 27.8 Å². The average Bonchev–Trinajstić information content (AvgIpc) is 3.68. The monoisotopic (exact) mass is 541 g/mol. The Labute approximate surface area is 225 Å². The molecule has 3 N–H and O–H groups in total. The molecule has 0 bridgehead atoms. The number of halogens is 2. The number of carbonyl (C=O) groups is 2. The van der Waals surface area contributed by atoms with Gasteiger partial charge in [-0.25, -0.2) is 18.7 Å². The maximum Gasteiger partial charge on any atom is 0.263 e. The molecule has 5 rings (SSSR count). The van der Waals surface area contributed by atoms with E-state index in [-0.39, 0.29) is 36.1 Å². The molecule has 9 nitrogen and oxygen atoms in total. The first-order valence-corrected chi connectivity index (χ1v) is 13.3. The first-order chi connectivity index (χ1) is 18.8. The Morgan fingerprint density at radius 3 is 2.46 bits per heavy atom. The number of hydrogen-bond donors (Lipinski definition) is 3. The summed E-state index contributed by atoms with van der Waals surface area (Å²) in [4.78, 5) is 37.2. The lowest BCUT2D eigenvalue weighted by Crippen LogP contribution is -2.44. The van der Waals surface area contributed by atoms with Crippen LogP contribution in [0.3, 0.4) is 0 Å². The summed E-state index contributed by atoms with van der Waals surface area (Å²) >= 11 is 0. The molecule has 2 aliphatic carbocycles. The van der Waals surface area contributed by atoms with E-state index in [4.69, 9.17) is 9.47 Å². The topological polar surface area (TPSA) is 118 Å². The number of alkyl halides is 2. The minimum atomic E-state index is -2.64. The highest BCUT2D eigenvalue weighted by Crippen LogP contribution is 2.38. The van der Waals surface area contributed by atoms with Crippen LogP contribution < -0.4 is 15.4 Å². The molecule has 2 aromatic heterocycles. The largest absolute Gasteiger partial charge is 0.493 e. The number of carbonyl (C=O) groups excluding carboxylic acids is 2. The van der Waals surface area contributed by atoms with Gasteiger partial charge in [-0.1, -0.05) is 0 Å². The van der Waals surface area contributed by atoms with E-state index < -0.39 is 6.43 Å². The lowest BCUT2D eigenvalue weighted by molar-refractivity contribution is -0.125. The van der Waals surface area contributed by atoms with Crippen LogP contribution in [-0.2, 0) is 9.53 Å². The van der Waals surface area contributed by atoms with Crippen molar-refractivity contribution in [3.8, 4) is 17.0 Å². The molecule has 0 unspecified atom stereocenters. The van der Waals surface area contributed by atoms with Gasteiger partial charge in [-0.15, -0.1) is 0 Å². The third-order valence-electron chi connectivity index (χ3n) is 7.38. The number of amides is 2. The summed E-state index contributed by atoms with van der Waals surface area (Å²) in [6.07, 6.45) is 3.86. The van der Waals surface area contributed by atoms with E-state index in [0.29, 0.717) is 51.8 Å². The van der Waals surface area contributed by atoms with Crippen LogP contribution in [0.1, 0.15) is 66.6 Å². The predicted octanol–water partition coefficient (Wildman–Crippen LogP) is 4.46. The van der Waals surface area contributed by atoms with Crippen molar-refractivity contribution in [1.29, 1.82) is 0 Å². The molecular formula is C28H33F2N5O4. The van der Waals surface area contributed by atoms with E-state index in [1.54, 1.807) is 13.0 Å². The van der Waals surface area contributed by atoms with Gasteiger partial charge in [-0.3, -0.25) is 9.59 Å². The molecule has 2 fully saturated rings. The fourth-order valence-electron chi connectivity index (χ4n) is 5.13. The molecule has 2 amide bonds. The molecular weight excluding hydrogens is 508 g/mol. The van der Waals surface area contributed by atoms with Crippen molar-refractivity contribution >= 4 is 22.8 Å². The first-order valence-electron chi connectivity index (χ1n) is 13.3. The highest BCUT2D eigenvalue weighted by atomic mass is 19.3. The molecule has 2 aliphatic rings. The number of nitrogens with zero attached hydrogens (tertiary/aromatic N) is 2. The minimum absolute atomic E-state index is 0.0287. The van der Waals surface area contributed by atoms with Crippen molar-refractivity contribution in [1.82, 2.24) is 25.6 Å². The number of nitrogens with one attached hydrogen (secondary N) is 3. The molecule has 208 valence electrons. The van der Waals surface area contributed by atoms with Gasteiger partial charge in [0.15, 0.2) is 0 Å². The minimum Gasteiger partial charge on any atom is -0.493 e. The number of ether oxygens (including phenoxy) is 2. The zero-order chi connectivity index (χ0) is 27.5. The number of aryl methyl sites for hydroxylation is 1. The van der Waals surface area contributed by atoms with Crippen LogP contribution in [0.25, 0.3) is 22.3 Å². The number of hydrogen-bond acceptors (Lipinski definition) is 6. The number of fused-ring (bicyclic) bond motifs is 1. The second-order valence-corrected chi connectivity index (χ2v) is 10.4. The SMILES string of the molecule is COCC(=O)NC1CCC(NC(=O)c2c(C)[nH]c3c(-c4cc(C(F)F)ccc4OCC4CC4)ncnc23)CC1. The van der Waals surface area contributed by atoms with Crippen LogP contribution in [-0.4, -0.2) is 59.2 Å². The summed E-state index contributed by atoms with van der Waals surface area (Å²) in [6.45, 7) is 2.33. The molecule has 0 radical (unpaired) electrons. The van der Waals surface area contributed by atoms with E-state index in [9.17, 15) is 18.4 Å². The highest BCUT2D eigenvalue weighted by molar-refractivity contribution is 6.09. The summed E-state index contributed by atoms with van der Waals surface area (Å²) in [5.74, 6) is 0.550. The normalized spacial score (nSPS) is 19.3. The quantitative estimate of drug-likeness (QED) is 0.349. The van der Waals surface area contributed by atoms with Gasteiger partial charge < -0.3 is 25.1 Å². The predicted molar refractivity (Wildman–Crippen MR) is 141 cm³/mol. The van der Waals surface area contributed by atoms with E-state index in [0.717, 1.165) is 38.5 Å². The fraction of sp³-hybridized carbons (Fsp3) is 0.500. The second kappa shape index (κ2) is 11.6. The van der Waals surface area contributed by atoms with Crippen LogP contribution in [0, 0.1) is 12.8 Å². The molecule has 0 saturated heterocycles. The van der Waals surface area contributed by atoms with Gasteiger partial charge in [0.05, 0.1) is 17.7 Å². The van der Waals surface area contributed by atoms with Crippen LogP contribution in [0.5, 0.6) is 5.75 Å². The van der Waals surface area contributed by atoms with Crippen LogP contribution in [0.2, 0.25) is 0 Å². The van der Waals surface area contributed by atoms with Crippen molar-refractivity contribution in [2.75, 3.05) is 20.3 Å². The molecule has 0 atom stereocenters. The summed E-state index contributed by atoms with van der Waals surface area (Å²) < 4.78 is 38.0. The van der Waals surface area contributed by atoms with Gasteiger partial charge in [0.2, 0.25) is 5.91 Å². The fourth-order valence-corrected chi connectivity index (χ4v) is 5.13. The van der Waals surface area contributed by atoms with Crippen molar-refractivity contribution in [3.63, 3.8) is 0 Å². The Hall–Kier alpha value is -3.60. The van der Waals surface area contributed by atoms with E-state index in [2.05, 4.69) is 25.6 Å². The molecule has 39 heavy (non-hydrogen) atoms. The number of rotatable bonds is 10. The summed E-state index contributed by atoms with van der Waals surface area (Å²) in [5.41, 5.74) is 2.62. The number of benzene rings is 1. The molecule has 3 aromatic rings. The number of aromatic nitrogens is 3. The Morgan fingerprint density at radius 1 is 1.08 bits per heavy atom. The number of methoxy groups -OCH3 is 1. The Balaban J connectivity index is 1.37. The van der Waals surface area contributed by atoms with Gasteiger partial charge in [0.1, 0.15) is 29.9 Å². The van der Waals surface area contributed by atoms with Gasteiger partial charge >= 0.3 is 0 Å². The third kappa shape index (κ3) is 6.19. The zero-order valence-corrected chi connectivity index (χ0v) is 22.1. The second-order valence-electron chi connectivity index (χ2n) is 10.4. The standard InChI is InChI=1S/C28H33F2N5O4/c1-15-23(28(37)35-19-8-6-18(7-9-19)34-22(36)13-38-2)25-26(33-15)24(31-14-32-25)20-11-17(27(29)30)5-10-21(20)39-12-16-3-4-16/h5,10-11,14,16,18-19,27,33H,3-4,6-9,12-13H2,1-2H3,(H,34,36)(H,35,37). The summed E-state index contributed by atoms with van der Waals surface area (Å²) in [7, 11) is 1.48. The van der Waals surface area contributed by atoms with Crippen LogP contribution in [0.4, 0.5) is 8.78 Å². The Morgan fingerprint density at radius 2 is 1.79 bits per heavy atom. The maximum absolute atomic E-state index is 13.6. The molecule has 1 aromatic carbocycles. The van der Waals surface area contributed by atoms with Crippen molar-refractivity contribution in [2.45, 2.75) is 64.0 Å². The van der Waals surface area contributed by atoms with Gasteiger partial charge in [-0.2, -0.15) is 0 Å². The lowest BCUT2D eigenvalue weighted by Gasteiger charge is -2.29. The molecule has 11 heteroatoms. The van der Waals surface area contributed by atoms with E-state index >= 15 is 0 Å². The van der Waals surface area contributed by atoms with Gasteiger partial charge in [0, 0.05) is 36.0 Å². The first kappa shape index (κ1) is 27.0. The smallest absolute Gasteiger partial charge is 0.263 e. The van der Waals surface area contributed by atoms with E-state index in [1.165, 1.54) is 25.6 Å². The molecule has 0 aliphatic heterocycles. The Kier molecular flexibility index (Phi) is 8.06. The summed E-state index contributed by atoms with van der Waals surface area (Å²) in [5, 5.41) is 6.06. The highest BCUT2D eigenvalue weighted by Gasteiger charge is 2.28.